The van der Waals surface area contributed by atoms with Crippen molar-refractivity contribution in [3.63, 3.8) is 0 Å². The summed E-state index contributed by atoms with van der Waals surface area (Å²) in [5.41, 5.74) is 3.41. The molecule has 0 unspecified atom stereocenters. The van der Waals surface area contributed by atoms with Crippen molar-refractivity contribution in [2.24, 2.45) is 0 Å². The summed E-state index contributed by atoms with van der Waals surface area (Å²) in [7, 11) is 0. The first-order valence-electron chi connectivity index (χ1n) is 5.44. The molecule has 17 heavy (non-hydrogen) atoms. The lowest BCUT2D eigenvalue weighted by Crippen LogP contribution is -1.98. The van der Waals surface area contributed by atoms with Crippen LogP contribution < -0.4 is 4.74 Å². The number of aromatic nitrogens is 1. The Morgan fingerprint density at radius 3 is 2.76 bits per heavy atom. The second kappa shape index (κ2) is 5.32. The molecular weight excluding hydrogens is 278 g/mol. The average Bonchev–Trinajstić information content (AvgIpc) is 2.30. The summed E-state index contributed by atoms with van der Waals surface area (Å²) in [6, 6.07) is 8.23. The SMILES string of the molecule is Cc1ccc(C)c(OCc2cncc(Br)c2)c1. The van der Waals surface area contributed by atoms with E-state index in [2.05, 4.69) is 46.0 Å². The number of halogens is 1. The Hall–Kier alpha value is -1.35. The summed E-state index contributed by atoms with van der Waals surface area (Å²) in [4.78, 5) is 4.11. The Morgan fingerprint density at radius 2 is 2.00 bits per heavy atom. The molecule has 0 fully saturated rings. The molecule has 0 saturated heterocycles. The van der Waals surface area contributed by atoms with Gasteiger partial charge in [-0.05, 0) is 53.0 Å². The molecular formula is C14H14BrNO. The zero-order valence-corrected chi connectivity index (χ0v) is 11.5. The van der Waals surface area contributed by atoms with Gasteiger partial charge in [0.1, 0.15) is 12.4 Å². The molecule has 2 rings (SSSR count). The van der Waals surface area contributed by atoms with Crippen LogP contribution in [0.15, 0.2) is 41.1 Å². The van der Waals surface area contributed by atoms with E-state index in [-0.39, 0.29) is 0 Å². The van der Waals surface area contributed by atoms with Crippen LogP contribution in [0.5, 0.6) is 5.75 Å². The normalized spacial score (nSPS) is 10.3. The van der Waals surface area contributed by atoms with Crippen molar-refractivity contribution in [2.45, 2.75) is 20.5 Å². The molecule has 0 saturated carbocycles. The molecule has 1 heterocycles. The van der Waals surface area contributed by atoms with Crippen LogP contribution in [-0.2, 0) is 6.61 Å². The van der Waals surface area contributed by atoms with Gasteiger partial charge in [0.15, 0.2) is 0 Å². The Balaban J connectivity index is 2.09. The first kappa shape index (κ1) is 12.1. The molecule has 0 aliphatic rings. The minimum Gasteiger partial charge on any atom is -0.489 e. The molecule has 3 heteroatoms. The minimum absolute atomic E-state index is 0.538. The van der Waals surface area contributed by atoms with Gasteiger partial charge >= 0.3 is 0 Å². The van der Waals surface area contributed by atoms with Crippen molar-refractivity contribution in [1.29, 1.82) is 0 Å². The highest BCUT2D eigenvalue weighted by molar-refractivity contribution is 9.10. The van der Waals surface area contributed by atoms with E-state index in [0.717, 1.165) is 21.3 Å². The largest absolute Gasteiger partial charge is 0.489 e. The molecule has 0 atom stereocenters. The van der Waals surface area contributed by atoms with E-state index in [9.17, 15) is 0 Å². The van der Waals surface area contributed by atoms with Crippen molar-refractivity contribution in [3.05, 3.63) is 57.8 Å². The van der Waals surface area contributed by atoms with Crippen LogP contribution in [0, 0.1) is 13.8 Å². The average molecular weight is 292 g/mol. The number of pyridine rings is 1. The van der Waals surface area contributed by atoms with Gasteiger partial charge in [0.2, 0.25) is 0 Å². The quantitative estimate of drug-likeness (QED) is 0.851. The maximum atomic E-state index is 5.80. The Kier molecular flexibility index (Phi) is 3.79. The summed E-state index contributed by atoms with van der Waals surface area (Å²) in [6.07, 6.45) is 3.58. The fourth-order valence-corrected chi connectivity index (χ4v) is 1.97. The second-order valence-electron chi connectivity index (χ2n) is 4.07. The van der Waals surface area contributed by atoms with Crippen LogP contribution in [-0.4, -0.2) is 4.98 Å². The van der Waals surface area contributed by atoms with Gasteiger partial charge in [0.25, 0.3) is 0 Å². The molecule has 0 bridgehead atoms. The van der Waals surface area contributed by atoms with Gasteiger partial charge in [-0.25, -0.2) is 0 Å². The van der Waals surface area contributed by atoms with Gasteiger partial charge in [-0.3, -0.25) is 4.98 Å². The summed E-state index contributed by atoms with van der Waals surface area (Å²) in [5, 5.41) is 0. The number of rotatable bonds is 3. The van der Waals surface area contributed by atoms with Crippen molar-refractivity contribution < 1.29 is 4.74 Å². The lowest BCUT2D eigenvalue weighted by molar-refractivity contribution is 0.303. The van der Waals surface area contributed by atoms with E-state index in [4.69, 9.17) is 4.74 Å². The van der Waals surface area contributed by atoms with E-state index in [1.165, 1.54) is 5.56 Å². The standard InChI is InChI=1S/C14H14BrNO/c1-10-3-4-11(2)14(5-10)17-9-12-6-13(15)8-16-7-12/h3-8H,9H2,1-2H3. The molecule has 0 N–H and O–H groups in total. The van der Waals surface area contributed by atoms with E-state index < -0.39 is 0 Å². The van der Waals surface area contributed by atoms with Gasteiger partial charge in [-0.1, -0.05) is 12.1 Å². The van der Waals surface area contributed by atoms with E-state index in [1.54, 1.807) is 6.20 Å². The van der Waals surface area contributed by atoms with Crippen molar-refractivity contribution in [2.75, 3.05) is 0 Å². The number of hydrogen-bond donors (Lipinski definition) is 0. The topological polar surface area (TPSA) is 22.1 Å². The number of ether oxygens (including phenoxy) is 1. The maximum Gasteiger partial charge on any atom is 0.122 e. The van der Waals surface area contributed by atoms with Crippen molar-refractivity contribution >= 4 is 15.9 Å². The van der Waals surface area contributed by atoms with Gasteiger partial charge in [0.05, 0.1) is 0 Å². The molecule has 0 aliphatic carbocycles. The fourth-order valence-electron chi connectivity index (χ4n) is 1.56. The molecule has 0 spiro atoms. The highest BCUT2D eigenvalue weighted by Crippen LogP contribution is 2.20. The molecule has 2 aromatic rings. The smallest absolute Gasteiger partial charge is 0.122 e. The molecule has 0 radical (unpaired) electrons. The van der Waals surface area contributed by atoms with Gasteiger partial charge in [0, 0.05) is 22.4 Å². The Morgan fingerprint density at radius 1 is 1.18 bits per heavy atom. The minimum atomic E-state index is 0.538. The lowest BCUT2D eigenvalue weighted by atomic mass is 10.1. The number of nitrogens with zero attached hydrogens (tertiary/aromatic N) is 1. The summed E-state index contributed by atoms with van der Waals surface area (Å²) >= 11 is 3.40. The third-order valence-corrected chi connectivity index (χ3v) is 2.93. The predicted molar refractivity (Wildman–Crippen MR) is 72.2 cm³/mol. The predicted octanol–water partition coefficient (Wildman–Crippen LogP) is 4.04. The number of benzene rings is 1. The summed E-state index contributed by atoms with van der Waals surface area (Å²) < 4.78 is 6.77. The van der Waals surface area contributed by atoms with Crippen molar-refractivity contribution in [3.8, 4) is 5.75 Å². The van der Waals surface area contributed by atoms with Crippen LogP contribution in [0.25, 0.3) is 0 Å². The van der Waals surface area contributed by atoms with Crippen LogP contribution in [0.3, 0.4) is 0 Å². The molecule has 0 amide bonds. The molecule has 0 aliphatic heterocycles. The fraction of sp³-hybridized carbons (Fsp3) is 0.214. The van der Waals surface area contributed by atoms with Crippen LogP contribution >= 0.6 is 15.9 Å². The Labute approximate surface area is 110 Å². The molecule has 2 nitrogen and oxygen atoms in total. The second-order valence-corrected chi connectivity index (χ2v) is 4.98. The van der Waals surface area contributed by atoms with Crippen LogP contribution in [0.2, 0.25) is 0 Å². The highest BCUT2D eigenvalue weighted by Gasteiger charge is 2.01. The van der Waals surface area contributed by atoms with E-state index >= 15 is 0 Å². The lowest BCUT2D eigenvalue weighted by Gasteiger charge is -2.09. The zero-order chi connectivity index (χ0) is 12.3. The third-order valence-electron chi connectivity index (χ3n) is 2.50. The van der Waals surface area contributed by atoms with Crippen LogP contribution in [0.4, 0.5) is 0 Å². The van der Waals surface area contributed by atoms with Gasteiger partial charge in [-0.15, -0.1) is 0 Å². The third kappa shape index (κ3) is 3.30. The monoisotopic (exact) mass is 291 g/mol. The molecule has 1 aromatic heterocycles. The number of aryl methyl sites for hydroxylation is 2. The van der Waals surface area contributed by atoms with Crippen molar-refractivity contribution in [1.82, 2.24) is 4.98 Å². The highest BCUT2D eigenvalue weighted by atomic mass is 79.9. The van der Waals surface area contributed by atoms with Crippen LogP contribution in [0.1, 0.15) is 16.7 Å². The zero-order valence-electron chi connectivity index (χ0n) is 9.90. The maximum absolute atomic E-state index is 5.80. The Bertz CT molecular complexity index is 525. The summed E-state index contributed by atoms with van der Waals surface area (Å²) in [5.74, 6) is 0.935. The number of hydrogen-bond acceptors (Lipinski definition) is 2. The first-order chi connectivity index (χ1) is 8.15. The first-order valence-corrected chi connectivity index (χ1v) is 6.24. The molecule has 1 aromatic carbocycles. The van der Waals surface area contributed by atoms with Gasteiger partial charge in [-0.2, -0.15) is 0 Å². The van der Waals surface area contributed by atoms with E-state index in [1.807, 2.05) is 19.2 Å². The summed E-state index contributed by atoms with van der Waals surface area (Å²) in [6.45, 7) is 4.65. The van der Waals surface area contributed by atoms with E-state index in [0.29, 0.717) is 6.61 Å². The molecule has 88 valence electrons. The van der Waals surface area contributed by atoms with Gasteiger partial charge < -0.3 is 4.74 Å².